The Morgan fingerprint density at radius 1 is 1.08 bits per heavy atom. The number of aromatic nitrogens is 2. The van der Waals surface area contributed by atoms with Crippen LogP contribution in [0.5, 0.6) is 5.75 Å². The monoisotopic (exact) mass is 511 g/mol. The number of nitrogens with zero attached hydrogens (tertiary/aromatic N) is 3. The van der Waals surface area contributed by atoms with Gasteiger partial charge in [-0.2, -0.15) is 0 Å². The average molecular weight is 512 g/mol. The van der Waals surface area contributed by atoms with Crippen molar-refractivity contribution in [1.29, 1.82) is 0 Å². The van der Waals surface area contributed by atoms with E-state index >= 15 is 0 Å². The van der Waals surface area contributed by atoms with Crippen molar-refractivity contribution >= 4 is 34.6 Å². The van der Waals surface area contributed by atoms with Crippen LogP contribution in [0.3, 0.4) is 0 Å². The second-order valence-corrected chi connectivity index (χ2v) is 9.31. The van der Waals surface area contributed by atoms with Gasteiger partial charge in [0.25, 0.3) is 0 Å². The number of benzene rings is 2. The highest BCUT2D eigenvalue weighted by Crippen LogP contribution is 2.43. The summed E-state index contributed by atoms with van der Waals surface area (Å²) in [6, 6.07) is 23.9. The minimum absolute atomic E-state index is 0.0755. The van der Waals surface area contributed by atoms with Crippen LogP contribution in [-0.2, 0) is 4.79 Å². The van der Waals surface area contributed by atoms with Crippen LogP contribution in [0.1, 0.15) is 42.4 Å². The Hall–Kier alpha value is -4.17. The third-order valence-corrected chi connectivity index (χ3v) is 6.83. The van der Waals surface area contributed by atoms with Gasteiger partial charge in [-0.05, 0) is 73.2 Å². The second kappa shape index (κ2) is 10.4. The average Bonchev–Trinajstić information content (AvgIpc) is 3.53. The Morgan fingerprint density at radius 3 is 2.68 bits per heavy atom. The number of thiocarbonyl (C=S) groups is 1. The molecule has 2 aromatic carbocycles. The molecule has 0 spiro atoms. The first-order valence-electron chi connectivity index (χ1n) is 12.2. The van der Waals surface area contributed by atoms with E-state index in [-0.39, 0.29) is 18.0 Å². The zero-order valence-electron chi connectivity index (χ0n) is 21.0. The maximum atomic E-state index is 12.0. The molecule has 2 N–H and O–H groups in total. The molecule has 1 fully saturated rings. The fourth-order valence-electron chi connectivity index (χ4n) is 4.75. The van der Waals surface area contributed by atoms with Gasteiger partial charge in [0.05, 0.1) is 24.5 Å². The minimum atomic E-state index is -0.196. The van der Waals surface area contributed by atoms with Crippen LogP contribution in [0.4, 0.5) is 11.4 Å². The predicted molar refractivity (Wildman–Crippen MR) is 150 cm³/mol. The molecular weight excluding hydrogens is 482 g/mol. The Bertz CT molecular complexity index is 1440. The summed E-state index contributed by atoms with van der Waals surface area (Å²) in [7, 11) is 1.60. The van der Waals surface area contributed by atoms with E-state index in [0.717, 1.165) is 22.8 Å². The van der Waals surface area contributed by atoms with Gasteiger partial charge in [0, 0.05) is 41.9 Å². The van der Waals surface area contributed by atoms with Crippen LogP contribution in [0.15, 0.2) is 85.2 Å². The zero-order chi connectivity index (χ0) is 25.9. The van der Waals surface area contributed by atoms with Crippen molar-refractivity contribution in [2.24, 2.45) is 0 Å². The van der Waals surface area contributed by atoms with Crippen LogP contribution in [0, 0.1) is 6.92 Å². The number of carbonyl (C=O) groups excluding carboxylic acids is 1. The first-order chi connectivity index (χ1) is 18.0. The Balaban J connectivity index is 1.63. The number of aryl methyl sites for hydroxylation is 1. The lowest BCUT2D eigenvalue weighted by Crippen LogP contribution is -2.30. The summed E-state index contributed by atoms with van der Waals surface area (Å²) in [6.07, 6.45) is 4.26. The lowest BCUT2D eigenvalue weighted by molar-refractivity contribution is -0.115. The van der Waals surface area contributed by atoms with Gasteiger partial charge in [0.2, 0.25) is 5.91 Å². The van der Waals surface area contributed by atoms with Gasteiger partial charge in [0.15, 0.2) is 5.11 Å². The predicted octanol–water partition coefficient (Wildman–Crippen LogP) is 5.71. The van der Waals surface area contributed by atoms with E-state index in [0.29, 0.717) is 23.0 Å². The Labute approximate surface area is 222 Å². The van der Waals surface area contributed by atoms with E-state index in [1.807, 2.05) is 43.3 Å². The summed E-state index contributed by atoms with van der Waals surface area (Å²) < 4.78 is 7.84. The van der Waals surface area contributed by atoms with Crippen molar-refractivity contribution < 1.29 is 9.53 Å². The molecule has 0 bridgehead atoms. The summed E-state index contributed by atoms with van der Waals surface area (Å²) in [6.45, 7) is 3.91. The molecule has 8 heteroatoms. The molecule has 3 heterocycles. The summed E-state index contributed by atoms with van der Waals surface area (Å²) in [4.78, 5) is 18.8. The van der Waals surface area contributed by atoms with E-state index in [2.05, 4.69) is 74.6 Å². The molecule has 0 unspecified atom stereocenters. The molecular formula is C29H29N5O2S. The molecule has 2 aromatic heterocycles. The van der Waals surface area contributed by atoms with E-state index in [1.165, 1.54) is 5.56 Å². The van der Waals surface area contributed by atoms with Gasteiger partial charge < -0.3 is 24.8 Å². The number of ether oxygens (including phenoxy) is 1. The quantitative estimate of drug-likeness (QED) is 0.310. The van der Waals surface area contributed by atoms with Gasteiger partial charge in [-0.3, -0.25) is 9.78 Å². The summed E-state index contributed by atoms with van der Waals surface area (Å²) >= 11 is 5.90. The van der Waals surface area contributed by atoms with Gasteiger partial charge in [-0.25, -0.2) is 0 Å². The molecule has 37 heavy (non-hydrogen) atoms. The zero-order valence-corrected chi connectivity index (χ0v) is 21.8. The molecule has 0 aliphatic carbocycles. The lowest BCUT2D eigenvalue weighted by Gasteiger charge is -2.29. The summed E-state index contributed by atoms with van der Waals surface area (Å²) in [5, 5.41) is 7.00. The van der Waals surface area contributed by atoms with Crippen LogP contribution >= 0.6 is 12.2 Å². The van der Waals surface area contributed by atoms with Gasteiger partial charge >= 0.3 is 0 Å². The number of methoxy groups -OCH3 is 1. The largest absolute Gasteiger partial charge is 0.494 e. The maximum absolute atomic E-state index is 12.0. The second-order valence-electron chi connectivity index (χ2n) is 8.92. The number of rotatable bonds is 7. The van der Waals surface area contributed by atoms with Gasteiger partial charge in [-0.1, -0.05) is 25.1 Å². The normalized spacial score (nSPS) is 16.9. The molecule has 0 radical (unpaired) electrons. The van der Waals surface area contributed by atoms with Crippen molar-refractivity contribution in [2.75, 3.05) is 17.3 Å². The molecule has 5 rings (SSSR count). The first-order valence-corrected chi connectivity index (χ1v) is 12.6. The van der Waals surface area contributed by atoms with Crippen LogP contribution in [-0.4, -0.2) is 27.7 Å². The summed E-state index contributed by atoms with van der Waals surface area (Å²) in [5.74, 6) is 0.490. The first kappa shape index (κ1) is 24.5. The number of anilines is 2. The molecule has 1 aliphatic rings. The van der Waals surface area contributed by atoms with E-state index in [9.17, 15) is 4.79 Å². The molecule has 1 amide bonds. The fraction of sp³-hybridized carbons (Fsp3) is 0.207. The number of nitrogens with one attached hydrogen (secondary N) is 2. The molecule has 2 atom stereocenters. The number of pyridine rings is 1. The topological polar surface area (TPSA) is 71.4 Å². The van der Waals surface area contributed by atoms with E-state index < -0.39 is 0 Å². The van der Waals surface area contributed by atoms with Gasteiger partial charge in [-0.15, -0.1) is 0 Å². The van der Waals surface area contributed by atoms with E-state index in [4.69, 9.17) is 17.0 Å². The SMILES string of the molecule is CCC(=O)Nc1ccc(N2C(=S)N[C@@H](c3ccccn3)[C@@H]2c2cccn2-c2cccc(C)c2)cc1OC. The smallest absolute Gasteiger partial charge is 0.224 e. The highest BCUT2D eigenvalue weighted by molar-refractivity contribution is 7.80. The van der Waals surface area contributed by atoms with Crippen molar-refractivity contribution in [3.63, 3.8) is 0 Å². The number of amides is 1. The highest BCUT2D eigenvalue weighted by atomic mass is 32.1. The standard InChI is InChI=1S/C29H29N5O2S/c1-4-26(35)31-22-14-13-21(18-25(22)36-3)34-28(27(32-29(34)37)23-11-5-6-15-30-23)24-12-8-16-33(24)20-10-7-9-19(2)17-20/h5-18,27-28H,4H2,1-3H3,(H,31,35)(H,32,37)/t27-,28-/m0/s1. The molecule has 0 saturated carbocycles. The third-order valence-electron chi connectivity index (χ3n) is 6.52. The number of hydrogen-bond acceptors (Lipinski definition) is 4. The van der Waals surface area contributed by atoms with Gasteiger partial charge in [0.1, 0.15) is 11.8 Å². The van der Waals surface area contributed by atoms with Crippen LogP contribution in [0.2, 0.25) is 0 Å². The summed E-state index contributed by atoms with van der Waals surface area (Å²) in [5.41, 5.74) is 5.70. The van der Waals surface area contributed by atoms with Crippen molar-refractivity contribution in [3.8, 4) is 11.4 Å². The van der Waals surface area contributed by atoms with Crippen LogP contribution in [0.25, 0.3) is 5.69 Å². The third kappa shape index (κ3) is 4.80. The maximum Gasteiger partial charge on any atom is 0.224 e. The number of carbonyl (C=O) groups is 1. The lowest BCUT2D eigenvalue weighted by atomic mass is 10.0. The van der Waals surface area contributed by atoms with Crippen molar-refractivity contribution in [3.05, 3.63) is 102 Å². The Morgan fingerprint density at radius 2 is 1.95 bits per heavy atom. The Kier molecular flexibility index (Phi) is 6.92. The molecule has 1 saturated heterocycles. The molecule has 1 aliphatic heterocycles. The molecule has 4 aromatic rings. The molecule has 7 nitrogen and oxygen atoms in total. The molecule has 188 valence electrons. The minimum Gasteiger partial charge on any atom is -0.494 e. The van der Waals surface area contributed by atoms with Crippen molar-refractivity contribution in [2.45, 2.75) is 32.4 Å². The van der Waals surface area contributed by atoms with Crippen molar-refractivity contribution in [1.82, 2.24) is 14.9 Å². The van der Waals surface area contributed by atoms with E-state index in [1.54, 1.807) is 13.3 Å². The number of hydrogen-bond donors (Lipinski definition) is 2. The fourth-order valence-corrected chi connectivity index (χ4v) is 5.10. The van der Waals surface area contributed by atoms with Crippen LogP contribution < -0.4 is 20.3 Å². The highest BCUT2D eigenvalue weighted by Gasteiger charge is 2.42.